The van der Waals surface area contributed by atoms with Crippen molar-refractivity contribution in [3.8, 4) is 5.75 Å². The summed E-state index contributed by atoms with van der Waals surface area (Å²) < 4.78 is 0.758. The minimum atomic E-state index is -0.223. The maximum absolute atomic E-state index is 12.1. The molecule has 0 saturated carbocycles. The van der Waals surface area contributed by atoms with E-state index >= 15 is 0 Å². The van der Waals surface area contributed by atoms with Crippen LogP contribution in [0.4, 0.5) is 0 Å². The van der Waals surface area contributed by atoms with Crippen LogP contribution in [-0.2, 0) is 0 Å². The fraction of sp³-hybridized carbons (Fsp3) is 0.533. The molecule has 0 radical (unpaired) electrons. The Labute approximate surface area is 128 Å². The number of rotatable bonds is 4. The van der Waals surface area contributed by atoms with Gasteiger partial charge in [-0.2, -0.15) is 0 Å². The van der Waals surface area contributed by atoms with E-state index in [0.717, 1.165) is 17.6 Å². The number of aromatic hydroxyl groups is 1. The Morgan fingerprint density at radius 2 is 2.10 bits per heavy atom. The number of carbonyl (C=O) groups excluding carboxylic acids is 1. The molecule has 0 spiro atoms. The number of halogens is 1. The average molecular weight is 341 g/mol. The van der Waals surface area contributed by atoms with Crippen LogP contribution in [0.25, 0.3) is 0 Å². The van der Waals surface area contributed by atoms with E-state index in [9.17, 15) is 9.90 Å². The van der Waals surface area contributed by atoms with Crippen molar-refractivity contribution in [2.45, 2.75) is 32.2 Å². The lowest BCUT2D eigenvalue weighted by molar-refractivity contribution is 0.0927. The minimum Gasteiger partial charge on any atom is -0.507 e. The molecule has 1 aliphatic heterocycles. The molecule has 0 aliphatic carbocycles. The standard InChI is InChI=1S/C15H21BrN2O2/c1-11(18-7-3-2-4-8-18)10-17-15(20)13-6-5-12(16)9-14(13)19/h5-6,9,11,19H,2-4,7-8,10H2,1H3,(H,17,20). The zero-order chi connectivity index (χ0) is 14.5. The summed E-state index contributed by atoms with van der Waals surface area (Å²) in [4.78, 5) is 14.5. The number of carbonyl (C=O) groups is 1. The van der Waals surface area contributed by atoms with Crippen molar-refractivity contribution in [1.82, 2.24) is 10.2 Å². The Hall–Kier alpha value is -1.07. The number of likely N-dealkylation sites (tertiary alicyclic amines) is 1. The molecular formula is C15H21BrN2O2. The summed E-state index contributed by atoms with van der Waals surface area (Å²) in [5, 5.41) is 12.7. The monoisotopic (exact) mass is 340 g/mol. The highest BCUT2D eigenvalue weighted by molar-refractivity contribution is 9.10. The quantitative estimate of drug-likeness (QED) is 0.886. The van der Waals surface area contributed by atoms with E-state index in [-0.39, 0.29) is 11.7 Å². The summed E-state index contributed by atoms with van der Waals surface area (Å²) in [5.74, 6) is -0.221. The third-order valence-electron chi connectivity index (χ3n) is 3.78. The molecule has 1 fully saturated rings. The molecular weight excluding hydrogens is 320 g/mol. The number of amides is 1. The van der Waals surface area contributed by atoms with Gasteiger partial charge >= 0.3 is 0 Å². The molecule has 1 aromatic rings. The molecule has 1 saturated heterocycles. The van der Waals surface area contributed by atoms with Crippen LogP contribution in [-0.4, -0.2) is 41.6 Å². The van der Waals surface area contributed by atoms with Gasteiger partial charge in [-0.1, -0.05) is 22.4 Å². The van der Waals surface area contributed by atoms with Gasteiger partial charge in [-0.05, 0) is 51.1 Å². The second-order valence-corrected chi connectivity index (χ2v) is 6.23. The largest absolute Gasteiger partial charge is 0.507 e. The number of phenolic OH excluding ortho intramolecular Hbond substituents is 1. The molecule has 0 bridgehead atoms. The maximum atomic E-state index is 12.1. The van der Waals surface area contributed by atoms with Gasteiger partial charge in [0.05, 0.1) is 5.56 Å². The second-order valence-electron chi connectivity index (χ2n) is 5.32. The zero-order valence-electron chi connectivity index (χ0n) is 11.7. The Morgan fingerprint density at radius 1 is 1.40 bits per heavy atom. The van der Waals surface area contributed by atoms with Crippen LogP contribution < -0.4 is 5.32 Å². The number of hydrogen-bond acceptors (Lipinski definition) is 3. The van der Waals surface area contributed by atoms with Crippen molar-refractivity contribution in [3.05, 3.63) is 28.2 Å². The molecule has 1 heterocycles. The average Bonchev–Trinajstić information content (AvgIpc) is 2.45. The molecule has 2 rings (SSSR count). The number of nitrogens with zero attached hydrogens (tertiary/aromatic N) is 1. The first kappa shape index (κ1) is 15.3. The number of hydrogen-bond donors (Lipinski definition) is 2. The van der Waals surface area contributed by atoms with Gasteiger partial charge in [-0.15, -0.1) is 0 Å². The highest BCUT2D eigenvalue weighted by atomic mass is 79.9. The summed E-state index contributed by atoms with van der Waals surface area (Å²) in [5.41, 5.74) is 0.319. The summed E-state index contributed by atoms with van der Waals surface area (Å²) in [6.07, 6.45) is 3.79. The highest BCUT2D eigenvalue weighted by Crippen LogP contribution is 2.22. The molecule has 2 N–H and O–H groups in total. The van der Waals surface area contributed by atoms with Crippen molar-refractivity contribution in [1.29, 1.82) is 0 Å². The molecule has 1 amide bonds. The smallest absolute Gasteiger partial charge is 0.255 e. The van der Waals surface area contributed by atoms with Gasteiger partial charge in [0.2, 0.25) is 0 Å². The molecule has 1 aliphatic rings. The fourth-order valence-corrected chi connectivity index (χ4v) is 2.87. The van der Waals surface area contributed by atoms with Crippen LogP contribution in [0.15, 0.2) is 22.7 Å². The highest BCUT2D eigenvalue weighted by Gasteiger charge is 2.18. The van der Waals surface area contributed by atoms with E-state index in [4.69, 9.17) is 0 Å². The molecule has 1 atom stereocenters. The molecule has 0 aromatic heterocycles. The summed E-state index contributed by atoms with van der Waals surface area (Å²) in [7, 11) is 0. The van der Waals surface area contributed by atoms with Gasteiger partial charge in [0, 0.05) is 17.1 Å². The number of phenols is 1. The first-order valence-corrected chi connectivity index (χ1v) is 7.88. The lowest BCUT2D eigenvalue weighted by Crippen LogP contribution is -2.44. The first-order valence-electron chi connectivity index (χ1n) is 7.08. The topological polar surface area (TPSA) is 52.6 Å². The van der Waals surface area contributed by atoms with Crippen LogP contribution in [0.1, 0.15) is 36.5 Å². The molecule has 110 valence electrons. The summed E-state index contributed by atoms with van der Waals surface area (Å²) in [6.45, 7) is 4.96. The number of benzene rings is 1. The fourth-order valence-electron chi connectivity index (χ4n) is 2.52. The minimum absolute atomic E-state index is 0.00232. The van der Waals surface area contributed by atoms with Crippen molar-refractivity contribution < 1.29 is 9.90 Å². The van der Waals surface area contributed by atoms with Crippen LogP contribution >= 0.6 is 15.9 Å². The van der Waals surface area contributed by atoms with Crippen molar-refractivity contribution in [2.75, 3.05) is 19.6 Å². The van der Waals surface area contributed by atoms with Gasteiger partial charge in [0.15, 0.2) is 0 Å². The normalized spacial score (nSPS) is 17.7. The molecule has 4 nitrogen and oxygen atoms in total. The van der Waals surface area contributed by atoms with E-state index < -0.39 is 0 Å². The molecule has 1 aromatic carbocycles. The Bertz CT molecular complexity index is 473. The van der Waals surface area contributed by atoms with Gasteiger partial charge in [-0.3, -0.25) is 9.69 Å². The number of nitrogens with one attached hydrogen (secondary N) is 1. The number of piperidine rings is 1. The predicted molar refractivity (Wildman–Crippen MR) is 83.0 cm³/mol. The van der Waals surface area contributed by atoms with E-state index in [1.54, 1.807) is 12.1 Å². The third kappa shape index (κ3) is 3.96. The van der Waals surface area contributed by atoms with Gasteiger partial charge < -0.3 is 10.4 Å². The Balaban J connectivity index is 1.88. The lowest BCUT2D eigenvalue weighted by atomic mass is 10.1. The van der Waals surface area contributed by atoms with Crippen molar-refractivity contribution in [2.24, 2.45) is 0 Å². The predicted octanol–water partition coefficient (Wildman–Crippen LogP) is 2.76. The third-order valence-corrected chi connectivity index (χ3v) is 4.27. The van der Waals surface area contributed by atoms with Crippen LogP contribution in [0.3, 0.4) is 0 Å². The SMILES string of the molecule is CC(CNC(=O)c1ccc(Br)cc1O)N1CCCCC1. The summed E-state index contributed by atoms with van der Waals surface area (Å²) in [6, 6.07) is 5.24. The van der Waals surface area contributed by atoms with E-state index in [1.807, 2.05) is 0 Å². The Morgan fingerprint density at radius 3 is 2.75 bits per heavy atom. The summed E-state index contributed by atoms with van der Waals surface area (Å²) >= 11 is 3.26. The van der Waals surface area contributed by atoms with Crippen LogP contribution in [0.2, 0.25) is 0 Å². The van der Waals surface area contributed by atoms with Gasteiger partial charge in [0.25, 0.3) is 5.91 Å². The zero-order valence-corrected chi connectivity index (χ0v) is 13.3. The van der Waals surface area contributed by atoms with E-state index in [1.165, 1.54) is 25.3 Å². The van der Waals surface area contributed by atoms with E-state index in [2.05, 4.69) is 33.1 Å². The van der Waals surface area contributed by atoms with Crippen molar-refractivity contribution >= 4 is 21.8 Å². The second kappa shape index (κ2) is 7.09. The van der Waals surface area contributed by atoms with Crippen LogP contribution in [0.5, 0.6) is 5.75 Å². The van der Waals surface area contributed by atoms with Crippen molar-refractivity contribution in [3.63, 3.8) is 0 Å². The first-order chi connectivity index (χ1) is 9.58. The molecule has 1 unspecified atom stereocenters. The lowest BCUT2D eigenvalue weighted by Gasteiger charge is -2.32. The van der Waals surface area contributed by atoms with E-state index in [0.29, 0.717) is 18.2 Å². The molecule has 5 heteroatoms. The molecule has 20 heavy (non-hydrogen) atoms. The van der Waals surface area contributed by atoms with Gasteiger partial charge in [-0.25, -0.2) is 0 Å². The van der Waals surface area contributed by atoms with Crippen LogP contribution in [0, 0.1) is 0 Å². The van der Waals surface area contributed by atoms with Gasteiger partial charge in [0.1, 0.15) is 5.75 Å². The Kier molecular flexibility index (Phi) is 5.43. The maximum Gasteiger partial charge on any atom is 0.255 e.